The molecular weight excluding hydrogens is 392 g/mol. The number of alkyl halides is 4. The smallest absolute Gasteiger partial charge is 0.330 e. The number of hydrogen-bond donors (Lipinski definition) is 2. The van der Waals surface area contributed by atoms with E-state index in [-0.39, 0.29) is 6.61 Å². The molecule has 1 aromatic carbocycles. The van der Waals surface area contributed by atoms with Gasteiger partial charge in [0.05, 0.1) is 12.7 Å². The number of amides is 2. The van der Waals surface area contributed by atoms with Crippen LogP contribution in [0.1, 0.15) is 44.1 Å². The van der Waals surface area contributed by atoms with E-state index in [0.29, 0.717) is 36.9 Å². The maximum absolute atomic E-state index is 12.8. The maximum Gasteiger partial charge on any atom is 0.330 e. The Hall–Kier alpha value is -1.87. The predicted octanol–water partition coefficient (Wildman–Crippen LogP) is 4.96. The van der Waals surface area contributed by atoms with Crippen molar-refractivity contribution in [2.24, 2.45) is 0 Å². The lowest BCUT2D eigenvalue weighted by molar-refractivity contribution is -0.168. The Morgan fingerprint density at radius 2 is 1.97 bits per heavy atom. The van der Waals surface area contributed by atoms with E-state index in [1.807, 2.05) is 0 Å². The third-order valence-corrected chi connectivity index (χ3v) is 4.58. The molecule has 1 aliphatic rings. The Morgan fingerprint density at radius 3 is 2.69 bits per heavy atom. The highest BCUT2D eigenvalue weighted by atomic mass is 19.3. The quantitative estimate of drug-likeness (QED) is 0.393. The predicted molar refractivity (Wildman–Crippen MR) is 102 cm³/mol. The zero-order valence-corrected chi connectivity index (χ0v) is 16.3. The highest BCUT2D eigenvalue weighted by Crippen LogP contribution is 2.23. The molecule has 2 amide bonds. The molecule has 0 saturated heterocycles. The van der Waals surface area contributed by atoms with E-state index in [2.05, 4.69) is 15.4 Å². The maximum atomic E-state index is 12.8. The Bertz CT molecular complexity index is 625. The second kappa shape index (κ2) is 12.0. The van der Waals surface area contributed by atoms with E-state index in [0.717, 1.165) is 12.8 Å². The number of halogens is 4. The zero-order valence-electron chi connectivity index (χ0n) is 16.3. The molecule has 0 atom stereocenters. The second-order valence-electron chi connectivity index (χ2n) is 7.12. The van der Waals surface area contributed by atoms with Gasteiger partial charge in [0.25, 0.3) is 0 Å². The summed E-state index contributed by atoms with van der Waals surface area (Å²) in [6.45, 7) is -0.575. The number of carbonyl (C=O) groups excluding carboxylic acids is 1. The second-order valence-corrected chi connectivity index (χ2v) is 7.12. The molecule has 0 spiro atoms. The van der Waals surface area contributed by atoms with Gasteiger partial charge in [-0.1, -0.05) is 31.4 Å². The Balaban J connectivity index is 1.63. The van der Waals surface area contributed by atoms with E-state index in [4.69, 9.17) is 4.74 Å². The SMILES string of the molecule is O=C(NCCCOC1CCCCC1)Nc1cccc(COCC(F)(F)C(F)F)c1. The van der Waals surface area contributed by atoms with Crippen LogP contribution in [0.3, 0.4) is 0 Å². The van der Waals surface area contributed by atoms with Crippen molar-refractivity contribution in [3.8, 4) is 0 Å². The van der Waals surface area contributed by atoms with Gasteiger partial charge < -0.3 is 20.1 Å². The number of benzene rings is 1. The highest BCUT2D eigenvalue weighted by Gasteiger charge is 2.40. The summed E-state index contributed by atoms with van der Waals surface area (Å²) in [5.41, 5.74) is 0.927. The summed E-state index contributed by atoms with van der Waals surface area (Å²) in [4.78, 5) is 11.9. The fraction of sp³-hybridized carbons (Fsp3) is 0.650. The van der Waals surface area contributed by atoms with E-state index in [1.54, 1.807) is 18.2 Å². The molecule has 5 nitrogen and oxygen atoms in total. The molecule has 164 valence electrons. The zero-order chi connectivity index (χ0) is 21.1. The van der Waals surface area contributed by atoms with Gasteiger partial charge in [-0.15, -0.1) is 0 Å². The van der Waals surface area contributed by atoms with Crippen molar-refractivity contribution in [3.05, 3.63) is 29.8 Å². The lowest BCUT2D eigenvalue weighted by atomic mass is 9.98. The summed E-state index contributed by atoms with van der Waals surface area (Å²) in [5, 5.41) is 5.35. The van der Waals surface area contributed by atoms with Crippen LogP contribution < -0.4 is 10.6 Å². The summed E-state index contributed by atoms with van der Waals surface area (Å²) >= 11 is 0. The van der Waals surface area contributed by atoms with Crippen molar-refractivity contribution >= 4 is 11.7 Å². The van der Waals surface area contributed by atoms with Gasteiger partial charge in [0.2, 0.25) is 0 Å². The molecular formula is C20H28F4N2O3. The molecule has 29 heavy (non-hydrogen) atoms. The minimum absolute atomic E-state index is 0.266. The van der Waals surface area contributed by atoms with Gasteiger partial charge in [-0.05, 0) is 37.0 Å². The Morgan fingerprint density at radius 1 is 1.21 bits per heavy atom. The Kier molecular flexibility index (Phi) is 9.66. The lowest BCUT2D eigenvalue weighted by Crippen LogP contribution is -2.32. The molecule has 0 aliphatic heterocycles. The van der Waals surface area contributed by atoms with Crippen LogP contribution in [0.25, 0.3) is 0 Å². The third-order valence-electron chi connectivity index (χ3n) is 4.58. The van der Waals surface area contributed by atoms with Crippen LogP contribution in [0.2, 0.25) is 0 Å². The summed E-state index contributed by atoms with van der Waals surface area (Å²) in [6.07, 6.45) is 3.18. The molecule has 0 heterocycles. The van der Waals surface area contributed by atoms with Crippen LogP contribution in [0.5, 0.6) is 0 Å². The largest absolute Gasteiger partial charge is 0.378 e. The summed E-state index contributed by atoms with van der Waals surface area (Å²) in [5.74, 6) is -4.18. The molecule has 2 N–H and O–H groups in total. The molecule has 1 aliphatic carbocycles. The van der Waals surface area contributed by atoms with Crippen LogP contribution in [-0.4, -0.2) is 44.2 Å². The fourth-order valence-corrected chi connectivity index (χ4v) is 3.04. The standard InChI is InChI=1S/C20H28F4N2O3/c21-18(22)20(23,24)14-28-13-15-6-4-7-16(12-15)26-19(27)25-10-5-11-29-17-8-2-1-3-9-17/h4,6-7,12,17-18H,1-3,5,8-11,13-14H2,(H2,25,26,27). The molecule has 9 heteroatoms. The van der Waals surface area contributed by atoms with Crippen molar-refractivity contribution < 1.29 is 31.8 Å². The van der Waals surface area contributed by atoms with Crippen LogP contribution in [0.4, 0.5) is 28.0 Å². The van der Waals surface area contributed by atoms with Crippen molar-refractivity contribution in [2.75, 3.05) is 25.1 Å². The van der Waals surface area contributed by atoms with E-state index in [9.17, 15) is 22.4 Å². The van der Waals surface area contributed by atoms with Crippen LogP contribution in [0.15, 0.2) is 24.3 Å². The molecule has 0 bridgehead atoms. The molecule has 2 rings (SSSR count). The summed E-state index contributed by atoms with van der Waals surface area (Å²) < 4.78 is 60.3. The first-order valence-corrected chi connectivity index (χ1v) is 9.86. The first kappa shape index (κ1) is 23.4. The number of nitrogens with one attached hydrogen (secondary N) is 2. The molecule has 1 fully saturated rings. The number of ether oxygens (including phenoxy) is 2. The Labute approximate surface area is 168 Å². The minimum atomic E-state index is -4.18. The molecule has 0 unspecified atom stereocenters. The first-order chi connectivity index (χ1) is 13.9. The normalized spacial score (nSPS) is 15.5. The van der Waals surface area contributed by atoms with Crippen LogP contribution >= 0.6 is 0 Å². The average Bonchev–Trinajstić information content (AvgIpc) is 2.68. The van der Waals surface area contributed by atoms with Gasteiger partial charge in [-0.25, -0.2) is 13.6 Å². The summed E-state index contributed by atoms with van der Waals surface area (Å²) in [6, 6.07) is 5.96. The number of hydrogen-bond acceptors (Lipinski definition) is 3. The third kappa shape index (κ3) is 8.99. The molecule has 0 radical (unpaired) electrons. The van der Waals surface area contributed by atoms with Crippen molar-refractivity contribution in [1.29, 1.82) is 0 Å². The van der Waals surface area contributed by atoms with E-state index < -0.39 is 25.0 Å². The summed E-state index contributed by atoms with van der Waals surface area (Å²) in [7, 11) is 0. The van der Waals surface area contributed by atoms with Crippen molar-refractivity contribution in [3.63, 3.8) is 0 Å². The number of urea groups is 1. The van der Waals surface area contributed by atoms with E-state index >= 15 is 0 Å². The molecule has 1 aromatic rings. The van der Waals surface area contributed by atoms with Crippen molar-refractivity contribution in [1.82, 2.24) is 5.32 Å². The first-order valence-electron chi connectivity index (χ1n) is 9.86. The van der Waals surface area contributed by atoms with Gasteiger partial charge >= 0.3 is 18.4 Å². The number of anilines is 1. The number of rotatable bonds is 11. The van der Waals surface area contributed by atoms with Gasteiger partial charge in [0.1, 0.15) is 6.61 Å². The lowest BCUT2D eigenvalue weighted by Gasteiger charge is -2.21. The highest BCUT2D eigenvalue weighted by molar-refractivity contribution is 5.89. The van der Waals surface area contributed by atoms with Gasteiger partial charge in [-0.2, -0.15) is 8.78 Å². The van der Waals surface area contributed by atoms with Gasteiger partial charge in [0.15, 0.2) is 0 Å². The molecule has 1 saturated carbocycles. The average molecular weight is 420 g/mol. The fourth-order valence-electron chi connectivity index (χ4n) is 3.04. The van der Waals surface area contributed by atoms with Gasteiger partial charge in [0, 0.05) is 18.8 Å². The van der Waals surface area contributed by atoms with Crippen LogP contribution in [-0.2, 0) is 16.1 Å². The van der Waals surface area contributed by atoms with Crippen molar-refractivity contribution in [2.45, 2.75) is 63.6 Å². The monoisotopic (exact) mass is 420 g/mol. The topological polar surface area (TPSA) is 59.6 Å². The van der Waals surface area contributed by atoms with E-state index in [1.165, 1.54) is 25.3 Å². The van der Waals surface area contributed by atoms with Crippen LogP contribution in [0, 0.1) is 0 Å². The van der Waals surface area contributed by atoms with Gasteiger partial charge in [-0.3, -0.25) is 0 Å². The number of carbonyl (C=O) groups is 1. The molecule has 0 aromatic heterocycles. The minimum Gasteiger partial charge on any atom is -0.378 e.